The Morgan fingerprint density at radius 2 is 2.16 bits per heavy atom. The normalized spacial score (nSPS) is 11.3. The van der Waals surface area contributed by atoms with Gasteiger partial charge in [-0.3, -0.25) is 19.6 Å². The maximum absolute atomic E-state index is 11.7. The number of likely N-dealkylation sites (N-methyl/N-ethyl adjacent to an activating group) is 1. The zero-order chi connectivity index (χ0) is 14.6. The van der Waals surface area contributed by atoms with Crippen molar-refractivity contribution in [2.24, 2.45) is 0 Å². The Morgan fingerprint density at radius 3 is 2.68 bits per heavy atom. The fourth-order valence-electron chi connectivity index (χ4n) is 1.19. The maximum atomic E-state index is 11.7. The number of nitro groups is 1. The van der Waals surface area contributed by atoms with Crippen LogP contribution < -0.4 is 4.72 Å². The molecular weight excluding hydrogens is 278 g/mol. The summed E-state index contributed by atoms with van der Waals surface area (Å²) in [5, 5.41) is 19.0. The Labute approximate surface area is 108 Å². The number of benzene rings is 1. The zero-order valence-corrected chi connectivity index (χ0v) is 10.6. The van der Waals surface area contributed by atoms with Crippen LogP contribution in [-0.4, -0.2) is 42.3 Å². The van der Waals surface area contributed by atoms with Gasteiger partial charge in [-0.25, -0.2) is 0 Å². The van der Waals surface area contributed by atoms with Crippen LogP contribution in [0.15, 0.2) is 24.3 Å². The summed E-state index contributed by atoms with van der Waals surface area (Å²) in [5.41, 5.74) is -0.299. The number of aliphatic carboxylic acids is 1. The third kappa shape index (κ3) is 4.19. The zero-order valence-electron chi connectivity index (χ0n) is 9.81. The van der Waals surface area contributed by atoms with E-state index in [1.54, 1.807) is 0 Å². The first kappa shape index (κ1) is 14.9. The standard InChI is InChI=1S/C9H11N3O6S/c1-11(6-9(13)14)19(17,18)10-7-3-2-4-8(5-7)12(15)16/h2-5,10H,6H2,1H3,(H,13,14). The van der Waals surface area contributed by atoms with Crippen molar-refractivity contribution in [3.63, 3.8) is 0 Å². The SMILES string of the molecule is CN(CC(=O)O)S(=O)(=O)Nc1cccc([N+](=O)[O-])c1. The van der Waals surface area contributed by atoms with Gasteiger partial charge in [-0.2, -0.15) is 12.7 Å². The second-order valence-corrected chi connectivity index (χ2v) is 5.34. The fourth-order valence-corrected chi connectivity index (χ4v) is 2.05. The molecule has 2 N–H and O–H groups in total. The minimum atomic E-state index is -4.07. The Hall–Kier alpha value is -2.20. The van der Waals surface area contributed by atoms with Crippen LogP contribution in [0.25, 0.3) is 0 Å². The first-order chi connectivity index (χ1) is 8.72. The first-order valence-corrected chi connectivity index (χ1v) is 6.36. The highest BCUT2D eigenvalue weighted by Crippen LogP contribution is 2.18. The average molecular weight is 289 g/mol. The molecule has 0 radical (unpaired) electrons. The van der Waals surface area contributed by atoms with Gasteiger partial charge >= 0.3 is 16.2 Å². The Bertz CT molecular complexity index is 600. The molecule has 0 amide bonds. The first-order valence-electron chi connectivity index (χ1n) is 4.92. The fraction of sp³-hybridized carbons (Fsp3) is 0.222. The Morgan fingerprint density at radius 1 is 1.53 bits per heavy atom. The lowest BCUT2D eigenvalue weighted by Gasteiger charge is -2.16. The van der Waals surface area contributed by atoms with Crippen LogP contribution in [0.5, 0.6) is 0 Å². The number of hydrogen-bond acceptors (Lipinski definition) is 5. The summed E-state index contributed by atoms with van der Waals surface area (Å²) >= 11 is 0. The number of nitrogens with zero attached hydrogens (tertiary/aromatic N) is 2. The number of nitro benzene ring substituents is 1. The molecule has 1 rings (SSSR count). The average Bonchev–Trinajstić information content (AvgIpc) is 2.27. The summed E-state index contributed by atoms with van der Waals surface area (Å²) in [4.78, 5) is 20.3. The number of hydrogen-bond donors (Lipinski definition) is 2. The topological polar surface area (TPSA) is 130 Å². The van der Waals surface area contributed by atoms with E-state index < -0.39 is 27.6 Å². The largest absolute Gasteiger partial charge is 0.480 e. The van der Waals surface area contributed by atoms with Crippen molar-refractivity contribution in [3.8, 4) is 0 Å². The van der Waals surface area contributed by atoms with E-state index in [0.29, 0.717) is 4.31 Å². The smallest absolute Gasteiger partial charge is 0.318 e. The van der Waals surface area contributed by atoms with Crippen LogP contribution in [-0.2, 0) is 15.0 Å². The van der Waals surface area contributed by atoms with Gasteiger partial charge in [0.25, 0.3) is 5.69 Å². The van der Waals surface area contributed by atoms with Gasteiger partial charge in [-0.15, -0.1) is 0 Å². The second kappa shape index (κ2) is 5.63. The number of carboxylic acid groups (broad SMARTS) is 1. The molecule has 1 aromatic carbocycles. The van der Waals surface area contributed by atoms with Gasteiger partial charge in [-0.1, -0.05) is 6.07 Å². The maximum Gasteiger partial charge on any atom is 0.318 e. The summed E-state index contributed by atoms with van der Waals surface area (Å²) in [6.07, 6.45) is 0. The minimum Gasteiger partial charge on any atom is -0.480 e. The van der Waals surface area contributed by atoms with Gasteiger partial charge in [0, 0.05) is 19.2 Å². The van der Waals surface area contributed by atoms with E-state index in [-0.39, 0.29) is 11.4 Å². The van der Waals surface area contributed by atoms with Crippen LogP contribution in [0.2, 0.25) is 0 Å². The molecule has 0 aromatic heterocycles. The van der Waals surface area contributed by atoms with Crippen LogP contribution in [0, 0.1) is 10.1 Å². The lowest BCUT2D eigenvalue weighted by molar-refractivity contribution is -0.384. The van der Waals surface area contributed by atoms with Crippen molar-refractivity contribution in [2.45, 2.75) is 0 Å². The molecule has 0 aliphatic heterocycles. The molecule has 0 aliphatic rings. The molecule has 1 aromatic rings. The van der Waals surface area contributed by atoms with E-state index in [1.807, 2.05) is 4.72 Å². The van der Waals surface area contributed by atoms with Gasteiger partial charge < -0.3 is 5.11 Å². The molecule has 9 nitrogen and oxygen atoms in total. The molecule has 19 heavy (non-hydrogen) atoms. The third-order valence-corrected chi connectivity index (χ3v) is 3.52. The van der Waals surface area contributed by atoms with E-state index in [2.05, 4.69) is 0 Å². The summed E-state index contributed by atoms with van der Waals surface area (Å²) in [6.45, 7) is -0.718. The number of rotatable bonds is 6. The van der Waals surface area contributed by atoms with Crippen molar-refractivity contribution in [1.29, 1.82) is 0 Å². The predicted octanol–water partition coefficient (Wildman–Crippen LogP) is 0.268. The third-order valence-electron chi connectivity index (χ3n) is 2.07. The van der Waals surface area contributed by atoms with Crippen molar-refractivity contribution in [1.82, 2.24) is 4.31 Å². The molecule has 0 aliphatic carbocycles. The Kier molecular flexibility index (Phi) is 4.40. The van der Waals surface area contributed by atoms with Crippen molar-refractivity contribution in [2.75, 3.05) is 18.3 Å². The summed E-state index contributed by atoms with van der Waals surface area (Å²) in [7, 11) is -2.99. The van der Waals surface area contributed by atoms with Gasteiger partial charge in [0.15, 0.2) is 0 Å². The Balaban J connectivity index is 2.92. The van der Waals surface area contributed by atoms with Crippen LogP contribution in [0.3, 0.4) is 0 Å². The lowest BCUT2D eigenvalue weighted by Crippen LogP contribution is -2.36. The number of carboxylic acids is 1. The molecule has 0 heterocycles. The van der Waals surface area contributed by atoms with E-state index in [1.165, 1.54) is 18.2 Å². The van der Waals surface area contributed by atoms with Gasteiger partial charge in [0.1, 0.15) is 6.54 Å². The second-order valence-electron chi connectivity index (χ2n) is 3.56. The van der Waals surface area contributed by atoms with Gasteiger partial charge in [0.2, 0.25) is 0 Å². The van der Waals surface area contributed by atoms with E-state index >= 15 is 0 Å². The number of carbonyl (C=O) groups is 1. The molecular formula is C9H11N3O6S. The molecule has 104 valence electrons. The van der Waals surface area contributed by atoms with Crippen LogP contribution in [0.1, 0.15) is 0 Å². The van der Waals surface area contributed by atoms with E-state index in [4.69, 9.17) is 5.11 Å². The van der Waals surface area contributed by atoms with Gasteiger partial charge in [0.05, 0.1) is 10.6 Å². The number of non-ortho nitro benzene ring substituents is 1. The van der Waals surface area contributed by atoms with Crippen molar-refractivity contribution in [3.05, 3.63) is 34.4 Å². The number of anilines is 1. The summed E-state index contributed by atoms with van der Waals surface area (Å²) in [6, 6.07) is 4.87. The van der Waals surface area contributed by atoms with Crippen LogP contribution >= 0.6 is 0 Å². The molecule has 0 atom stereocenters. The number of nitrogens with one attached hydrogen (secondary N) is 1. The van der Waals surface area contributed by atoms with Crippen molar-refractivity contribution >= 4 is 27.6 Å². The van der Waals surface area contributed by atoms with E-state index in [0.717, 1.165) is 13.1 Å². The quantitative estimate of drug-likeness (QED) is 0.571. The predicted molar refractivity (Wildman–Crippen MR) is 65.9 cm³/mol. The molecule has 0 fully saturated rings. The molecule has 0 unspecified atom stereocenters. The van der Waals surface area contributed by atoms with Gasteiger partial charge in [-0.05, 0) is 6.07 Å². The summed E-state index contributed by atoms with van der Waals surface area (Å²) in [5.74, 6) is -1.31. The monoisotopic (exact) mass is 289 g/mol. The van der Waals surface area contributed by atoms with Crippen molar-refractivity contribution < 1.29 is 23.2 Å². The lowest BCUT2D eigenvalue weighted by atomic mass is 10.3. The molecule has 10 heteroatoms. The van der Waals surface area contributed by atoms with E-state index in [9.17, 15) is 23.3 Å². The highest BCUT2D eigenvalue weighted by molar-refractivity contribution is 7.90. The molecule has 0 saturated heterocycles. The minimum absolute atomic E-state index is 0.0218. The molecule has 0 saturated carbocycles. The summed E-state index contributed by atoms with van der Waals surface area (Å²) < 4.78 is 26.0. The molecule has 0 bridgehead atoms. The molecule has 0 spiro atoms. The van der Waals surface area contributed by atoms with Crippen LogP contribution in [0.4, 0.5) is 11.4 Å². The highest BCUT2D eigenvalue weighted by Gasteiger charge is 2.20. The highest BCUT2D eigenvalue weighted by atomic mass is 32.2.